The van der Waals surface area contributed by atoms with Crippen LogP contribution in [0.3, 0.4) is 0 Å². The topological polar surface area (TPSA) is 42.7 Å². The van der Waals surface area contributed by atoms with E-state index in [1.165, 1.54) is 37.0 Å². The highest BCUT2D eigenvalue weighted by Crippen LogP contribution is 2.30. The second-order valence-corrected chi connectivity index (χ2v) is 7.23. The summed E-state index contributed by atoms with van der Waals surface area (Å²) >= 11 is 1.79. The number of imidazole rings is 1. The van der Waals surface area contributed by atoms with Gasteiger partial charge in [-0.25, -0.2) is 9.97 Å². The molecule has 3 rings (SSSR count). The Morgan fingerprint density at radius 1 is 1.29 bits per heavy atom. The van der Waals surface area contributed by atoms with Crippen LogP contribution in [0.5, 0.6) is 0 Å². The van der Waals surface area contributed by atoms with Crippen LogP contribution in [0.25, 0.3) is 0 Å². The van der Waals surface area contributed by atoms with Gasteiger partial charge in [-0.2, -0.15) is 0 Å². The van der Waals surface area contributed by atoms with Crippen LogP contribution in [0.15, 0.2) is 12.4 Å². The molecule has 0 radical (unpaired) electrons. The predicted octanol–water partition coefficient (Wildman–Crippen LogP) is 4.31. The largest absolute Gasteiger partial charge is 0.353 e. The summed E-state index contributed by atoms with van der Waals surface area (Å²) in [5.74, 6) is 1.000. The van der Waals surface area contributed by atoms with E-state index in [0.717, 1.165) is 16.6 Å². The number of hydrogen-bond acceptors (Lipinski definition) is 4. The number of nitrogens with one attached hydrogen (secondary N) is 1. The maximum atomic E-state index is 4.55. The zero-order chi connectivity index (χ0) is 14.8. The molecule has 2 aromatic rings. The molecule has 21 heavy (non-hydrogen) atoms. The van der Waals surface area contributed by atoms with Crippen molar-refractivity contribution in [2.75, 3.05) is 5.32 Å². The fraction of sp³-hybridized carbons (Fsp3) is 0.625. The molecule has 2 heterocycles. The fourth-order valence-electron chi connectivity index (χ4n) is 3.23. The maximum Gasteiger partial charge on any atom is 0.203 e. The number of aromatic nitrogens is 3. The van der Waals surface area contributed by atoms with Crippen molar-refractivity contribution in [1.82, 2.24) is 14.5 Å². The Morgan fingerprint density at radius 2 is 2.05 bits per heavy atom. The monoisotopic (exact) mass is 304 g/mol. The number of hydrogen-bond donors (Lipinski definition) is 1. The van der Waals surface area contributed by atoms with Crippen molar-refractivity contribution in [1.29, 1.82) is 0 Å². The van der Waals surface area contributed by atoms with Crippen molar-refractivity contribution in [3.63, 3.8) is 0 Å². The van der Waals surface area contributed by atoms with Gasteiger partial charge in [-0.15, -0.1) is 11.3 Å². The first-order chi connectivity index (χ1) is 10.1. The minimum Gasteiger partial charge on any atom is -0.353 e. The average Bonchev–Trinajstić information content (AvgIpc) is 3.06. The van der Waals surface area contributed by atoms with E-state index in [4.69, 9.17) is 0 Å². The lowest BCUT2D eigenvalue weighted by Gasteiger charge is -2.25. The second-order valence-electron chi connectivity index (χ2n) is 6.00. The molecule has 0 amide bonds. The van der Waals surface area contributed by atoms with E-state index in [0.29, 0.717) is 6.04 Å². The fourth-order valence-corrected chi connectivity index (χ4v) is 4.21. The standard InChI is InChI=1S/C16H24N4S/c1-11-15(21-13(3)18-11)12(2)20-10-9-17-16(20)19-14-7-5-4-6-8-14/h9-10,12,14H,4-8H2,1-3H3,(H,17,19). The zero-order valence-corrected chi connectivity index (χ0v) is 13.9. The number of aryl methyl sites for hydroxylation is 2. The molecule has 0 spiro atoms. The van der Waals surface area contributed by atoms with E-state index < -0.39 is 0 Å². The first kappa shape index (κ1) is 14.6. The van der Waals surface area contributed by atoms with Gasteiger partial charge in [-0.3, -0.25) is 0 Å². The molecule has 0 aliphatic heterocycles. The number of nitrogens with zero attached hydrogens (tertiary/aromatic N) is 3. The lowest BCUT2D eigenvalue weighted by molar-refractivity contribution is 0.458. The summed E-state index contributed by atoms with van der Waals surface area (Å²) in [4.78, 5) is 10.4. The van der Waals surface area contributed by atoms with Crippen LogP contribution in [0.1, 0.15) is 60.6 Å². The van der Waals surface area contributed by atoms with E-state index in [9.17, 15) is 0 Å². The van der Waals surface area contributed by atoms with Gasteiger partial charge in [0.05, 0.1) is 21.6 Å². The van der Waals surface area contributed by atoms with E-state index >= 15 is 0 Å². The van der Waals surface area contributed by atoms with Crippen LogP contribution in [0.2, 0.25) is 0 Å². The van der Waals surface area contributed by atoms with Crippen LogP contribution in [-0.2, 0) is 0 Å². The van der Waals surface area contributed by atoms with Gasteiger partial charge in [0.25, 0.3) is 0 Å². The molecule has 4 nitrogen and oxygen atoms in total. The van der Waals surface area contributed by atoms with Gasteiger partial charge in [0, 0.05) is 18.4 Å². The lowest BCUT2D eigenvalue weighted by atomic mass is 9.96. The van der Waals surface area contributed by atoms with Gasteiger partial charge in [0.15, 0.2) is 0 Å². The van der Waals surface area contributed by atoms with Gasteiger partial charge in [0.2, 0.25) is 5.95 Å². The Hall–Kier alpha value is -1.36. The minimum atomic E-state index is 0.282. The molecule has 1 atom stereocenters. The molecule has 1 N–H and O–H groups in total. The summed E-state index contributed by atoms with van der Waals surface area (Å²) in [7, 11) is 0. The minimum absolute atomic E-state index is 0.282. The van der Waals surface area contributed by atoms with E-state index in [1.54, 1.807) is 11.3 Å². The predicted molar refractivity (Wildman–Crippen MR) is 88.1 cm³/mol. The maximum absolute atomic E-state index is 4.55. The third-order valence-corrected chi connectivity index (χ3v) is 5.59. The molecule has 0 aromatic carbocycles. The first-order valence-electron chi connectivity index (χ1n) is 7.88. The van der Waals surface area contributed by atoms with E-state index in [2.05, 4.69) is 46.8 Å². The second kappa shape index (κ2) is 6.18. The van der Waals surface area contributed by atoms with Gasteiger partial charge in [0.1, 0.15) is 0 Å². The van der Waals surface area contributed by atoms with E-state index in [-0.39, 0.29) is 6.04 Å². The Balaban J connectivity index is 1.79. The molecular weight excluding hydrogens is 280 g/mol. The third kappa shape index (κ3) is 3.12. The molecule has 1 aliphatic carbocycles. The molecule has 2 aromatic heterocycles. The molecule has 114 valence electrons. The first-order valence-corrected chi connectivity index (χ1v) is 8.70. The van der Waals surface area contributed by atoms with Gasteiger partial charge < -0.3 is 9.88 Å². The van der Waals surface area contributed by atoms with Crippen LogP contribution in [0, 0.1) is 13.8 Å². The van der Waals surface area contributed by atoms with Crippen molar-refractivity contribution in [3.05, 3.63) is 28.0 Å². The van der Waals surface area contributed by atoms with Gasteiger partial charge >= 0.3 is 0 Å². The Labute approximate surface area is 130 Å². The summed E-state index contributed by atoms with van der Waals surface area (Å²) in [6.07, 6.45) is 10.5. The summed E-state index contributed by atoms with van der Waals surface area (Å²) in [5.41, 5.74) is 1.14. The lowest BCUT2D eigenvalue weighted by Crippen LogP contribution is -2.25. The molecule has 1 fully saturated rings. The molecular formula is C16H24N4S. The molecule has 0 bridgehead atoms. The Kier molecular flexibility index (Phi) is 4.29. The SMILES string of the molecule is Cc1nc(C)c(C(C)n2ccnc2NC2CCCCC2)s1. The summed E-state index contributed by atoms with van der Waals surface area (Å²) < 4.78 is 2.24. The van der Waals surface area contributed by atoms with Crippen LogP contribution >= 0.6 is 11.3 Å². The summed E-state index contributed by atoms with van der Waals surface area (Å²) in [6, 6.07) is 0.862. The highest BCUT2D eigenvalue weighted by atomic mass is 32.1. The van der Waals surface area contributed by atoms with Crippen molar-refractivity contribution < 1.29 is 0 Å². The highest BCUT2D eigenvalue weighted by molar-refractivity contribution is 7.11. The van der Waals surface area contributed by atoms with Crippen LogP contribution in [-0.4, -0.2) is 20.6 Å². The number of anilines is 1. The van der Waals surface area contributed by atoms with Crippen LogP contribution in [0.4, 0.5) is 5.95 Å². The van der Waals surface area contributed by atoms with Gasteiger partial charge in [-0.1, -0.05) is 19.3 Å². The molecule has 1 aliphatic rings. The Morgan fingerprint density at radius 3 is 2.71 bits per heavy atom. The number of thiazole rings is 1. The summed E-state index contributed by atoms with van der Waals surface area (Å²) in [6.45, 7) is 6.40. The average molecular weight is 304 g/mol. The quantitative estimate of drug-likeness (QED) is 0.915. The third-order valence-electron chi connectivity index (χ3n) is 4.34. The van der Waals surface area contributed by atoms with Crippen molar-refractivity contribution in [2.24, 2.45) is 0 Å². The van der Waals surface area contributed by atoms with Gasteiger partial charge in [-0.05, 0) is 33.6 Å². The van der Waals surface area contributed by atoms with Crippen LogP contribution < -0.4 is 5.32 Å². The summed E-state index contributed by atoms with van der Waals surface area (Å²) in [5, 5.41) is 4.78. The zero-order valence-electron chi connectivity index (χ0n) is 13.1. The Bertz CT molecular complexity index is 595. The molecule has 5 heteroatoms. The smallest absolute Gasteiger partial charge is 0.203 e. The highest BCUT2D eigenvalue weighted by Gasteiger charge is 2.20. The number of rotatable bonds is 4. The van der Waals surface area contributed by atoms with Crippen molar-refractivity contribution >= 4 is 17.3 Å². The molecule has 1 saturated carbocycles. The molecule has 0 saturated heterocycles. The van der Waals surface area contributed by atoms with Crippen molar-refractivity contribution in [3.8, 4) is 0 Å². The van der Waals surface area contributed by atoms with E-state index in [1.807, 2.05) is 6.20 Å². The molecule has 1 unspecified atom stereocenters. The van der Waals surface area contributed by atoms with Crippen molar-refractivity contribution in [2.45, 2.75) is 65.0 Å². The normalized spacial score (nSPS) is 17.9.